The number of aliphatic hydroxyl groups excluding tert-OH is 2. The van der Waals surface area contributed by atoms with Crippen LogP contribution in [0.1, 0.15) is 6.42 Å². The molecule has 0 aliphatic carbocycles. The lowest BCUT2D eigenvalue weighted by atomic mass is 10.1. The monoisotopic (exact) mass is 216 g/mol. The molecule has 0 aromatic rings. The van der Waals surface area contributed by atoms with Crippen LogP contribution in [0.4, 0.5) is 0 Å². The molecule has 6 heteroatoms. The first-order valence-corrected chi connectivity index (χ1v) is 4.84. The van der Waals surface area contributed by atoms with Crippen molar-refractivity contribution in [1.82, 2.24) is 10.2 Å². The standard InChI is InChI=1S/C9H16N2O4/c1-11-3-6(2-8(11)14)9(15)10-7(4-12)5-13/h6-7,12-13H,2-5H2,1H3,(H,10,15). The topological polar surface area (TPSA) is 89.9 Å². The van der Waals surface area contributed by atoms with Crippen LogP contribution in [-0.2, 0) is 9.59 Å². The number of aliphatic hydroxyl groups is 2. The minimum absolute atomic E-state index is 0.0558. The number of nitrogens with one attached hydrogen (secondary N) is 1. The third kappa shape index (κ3) is 2.90. The van der Waals surface area contributed by atoms with Gasteiger partial charge in [0.2, 0.25) is 11.8 Å². The molecule has 0 saturated carbocycles. The van der Waals surface area contributed by atoms with Crippen LogP contribution in [-0.4, -0.2) is 59.8 Å². The summed E-state index contributed by atoms with van der Waals surface area (Å²) in [5, 5.41) is 20.0. The fourth-order valence-corrected chi connectivity index (χ4v) is 1.51. The van der Waals surface area contributed by atoms with Crippen molar-refractivity contribution in [1.29, 1.82) is 0 Å². The SMILES string of the molecule is CN1CC(C(=O)NC(CO)CO)CC1=O. The maximum atomic E-state index is 11.6. The summed E-state index contributed by atoms with van der Waals surface area (Å²) in [6, 6.07) is -0.640. The van der Waals surface area contributed by atoms with E-state index in [0.717, 1.165) is 0 Å². The number of nitrogens with zero attached hydrogens (tertiary/aromatic N) is 1. The van der Waals surface area contributed by atoms with Crippen molar-refractivity contribution in [3.8, 4) is 0 Å². The molecule has 1 aliphatic heterocycles. The van der Waals surface area contributed by atoms with Crippen LogP contribution in [0, 0.1) is 5.92 Å². The number of hydrogen-bond acceptors (Lipinski definition) is 4. The second-order valence-corrected chi connectivity index (χ2v) is 3.75. The van der Waals surface area contributed by atoms with Gasteiger partial charge in [0.05, 0.1) is 25.2 Å². The fraction of sp³-hybridized carbons (Fsp3) is 0.778. The maximum Gasteiger partial charge on any atom is 0.225 e. The van der Waals surface area contributed by atoms with Crippen LogP contribution < -0.4 is 5.32 Å². The summed E-state index contributed by atoms with van der Waals surface area (Å²) in [5.74, 6) is -0.719. The summed E-state index contributed by atoms with van der Waals surface area (Å²) in [6.45, 7) is -0.217. The summed E-state index contributed by atoms with van der Waals surface area (Å²) in [5.41, 5.74) is 0. The van der Waals surface area contributed by atoms with Gasteiger partial charge in [-0.05, 0) is 0 Å². The first kappa shape index (κ1) is 11.9. The molecule has 86 valence electrons. The third-order valence-electron chi connectivity index (χ3n) is 2.50. The van der Waals surface area contributed by atoms with Crippen molar-refractivity contribution in [3.05, 3.63) is 0 Å². The number of likely N-dealkylation sites (tertiary alicyclic amines) is 1. The molecule has 1 fully saturated rings. The zero-order valence-corrected chi connectivity index (χ0v) is 8.64. The smallest absolute Gasteiger partial charge is 0.225 e. The van der Waals surface area contributed by atoms with Crippen molar-refractivity contribution < 1.29 is 19.8 Å². The zero-order chi connectivity index (χ0) is 11.4. The molecule has 1 heterocycles. The van der Waals surface area contributed by atoms with E-state index in [1.54, 1.807) is 7.05 Å². The third-order valence-corrected chi connectivity index (χ3v) is 2.50. The van der Waals surface area contributed by atoms with Crippen LogP contribution in [0.5, 0.6) is 0 Å². The summed E-state index contributed by atoms with van der Waals surface area (Å²) >= 11 is 0. The highest BCUT2D eigenvalue weighted by Crippen LogP contribution is 2.15. The number of carbonyl (C=O) groups is 2. The van der Waals surface area contributed by atoms with Crippen LogP contribution in [0.15, 0.2) is 0 Å². The molecule has 15 heavy (non-hydrogen) atoms. The molecule has 1 unspecified atom stereocenters. The Morgan fingerprint density at radius 2 is 2.20 bits per heavy atom. The van der Waals surface area contributed by atoms with Gasteiger partial charge in [0.1, 0.15) is 0 Å². The lowest BCUT2D eigenvalue weighted by Gasteiger charge is -2.16. The first-order chi connectivity index (χ1) is 7.08. The quantitative estimate of drug-likeness (QED) is 0.504. The number of carbonyl (C=O) groups excluding carboxylic acids is 2. The van der Waals surface area contributed by atoms with E-state index in [9.17, 15) is 9.59 Å². The number of amides is 2. The van der Waals surface area contributed by atoms with Crippen LogP contribution >= 0.6 is 0 Å². The zero-order valence-electron chi connectivity index (χ0n) is 8.64. The van der Waals surface area contributed by atoms with Gasteiger partial charge in [-0.25, -0.2) is 0 Å². The molecule has 0 spiro atoms. The van der Waals surface area contributed by atoms with Gasteiger partial charge in [-0.15, -0.1) is 0 Å². The Balaban J connectivity index is 2.44. The molecule has 0 aromatic heterocycles. The molecule has 0 bridgehead atoms. The Morgan fingerprint density at radius 3 is 2.60 bits per heavy atom. The van der Waals surface area contributed by atoms with E-state index >= 15 is 0 Å². The van der Waals surface area contributed by atoms with E-state index in [1.807, 2.05) is 0 Å². The fourth-order valence-electron chi connectivity index (χ4n) is 1.51. The van der Waals surface area contributed by atoms with Crippen molar-refractivity contribution in [3.63, 3.8) is 0 Å². The predicted molar refractivity (Wildman–Crippen MR) is 51.8 cm³/mol. The summed E-state index contributed by atoms with van der Waals surface area (Å²) in [4.78, 5) is 24.2. The molecule has 6 nitrogen and oxygen atoms in total. The Morgan fingerprint density at radius 1 is 1.60 bits per heavy atom. The number of rotatable bonds is 4. The van der Waals surface area contributed by atoms with Crippen molar-refractivity contribution in [2.45, 2.75) is 12.5 Å². The Kier molecular flexibility index (Phi) is 4.05. The molecule has 0 aromatic carbocycles. The molecule has 1 saturated heterocycles. The van der Waals surface area contributed by atoms with Crippen LogP contribution in [0.3, 0.4) is 0 Å². The minimum Gasteiger partial charge on any atom is -0.394 e. The van der Waals surface area contributed by atoms with E-state index in [0.29, 0.717) is 6.54 Å². The van der Waals surface area contributed by atoms with Crippen molar-refractivity contribution in [2.24, 2.45) is 5.92 Å². The molecule has 2 amide bonds. The molecule has 1 rings (SSSR count). The van der Waals surface area contributed by atoms with Crippen molar-refractivity contribution >= 4 is 11.8 Å². The molecular formula is C9H16N2O4. The second kappa shape index (κ2) is 5.09. The average Bonchev–Trinajstić information content (AvgIpc) is 2.55. The number of hydrogen-bond donors (Lipinski definition) is 3. The van der Waals surface area contributed by atoms with E-state index in [4.69, 9.17) is 10.2 Å². The summed E-state index contributed by atoms with van der Waals surface area (Å²) in [6.07, 6.45) is 0.200. The van der Waals surface area contributed by atoms with Crippen LogP contribution in [0.25, 0.3) is 0 Å². The Bertz CT molecular complexity index is 252. The van der Waals surface area contributed by atoms with Gasteiger partial charge in [0.15, 0.2) is 0 Å². The van der Waals surface area contributed by atoms with Gasteiger partial charge < -0.3 is 20.4 Å². The Hall–Kier alpha value is -1.14. The first-order valence-electron chi connectivity index (χ1n) is 4.84. The van der Waals surface area contributed by atoms with Crippen molar-refractivity contribution in [2.75, 3.05) is 26.8 Å². The normalized spacial score (nSPS) is 21.2. The van der Waals surface area contributed by atoms with Gasteiger partial charge >= 0.3 is 0 Å². The van der Waals surface area contributed by atoms with E-state index in [1.165, 1.54) is 4.90 Å². The molecule has 3 N–H and O–H groups in total. The van der Waals surface area contributed by atoms with E-state index in [-0.39, 0.29) is 37.4 Å². The molecular weight excluding hydrogens is 200 g/mol. The van der Waals surface area contributed by atoms with Gasteiger partial charge in [-0.3, -0.25) is 9.59 Å². The van der Waals surface area contributed by atoms with E-state index in [2.05, 4.69) is 5.32 Å². The second-order valence-electron chi connectivity index (χ2n) is 3.75. The van der Waals surface area contributed by atoms with Gasteiger partial charge in [0.25, 0.3) is 0 Å². The van der Waals surface area contributed by atoms with E-state index < -0.39 is 6.04 Å². The molecule has 0 radical (unpaired) electrons. The highest BCUT2D eigenvalue weighted by Gasteiger charge is 2.32. The predicted octanol–water partition coefficient (Wildman–Crippen LogP) is -2.07. The summed E-state index contributed by atoms with van der Waals surface area (Å²) in [7, 11) is 1.64. The van der Waals surface area contributed by atoms with Gasteiger partial charge in [-0.2, -0.15) is 0 Å². The average molecular weight is 216 g/mol. The maximum absolute atomic E-state index is 11.6. The summed E-state index contributed by atoms with van der Waals surface area (Å²) < 4.78 is 0. The largest absolute Gasteiger partial charge is 0.394 e. The van der Waals surface area contributed by atoms with Gasteiger partial charge in [-0.1, -0.05) is 0 Å². The van der Waals surface area contributed by atoms with Crippen LogP contribution in [0.2, 0.25) is 0 Å². The lowest BCUT2D eigenvalue weighted by Crippen LogP contribution is -2.43. The molecule has 1 aliphatic rings. The van der Waals surface area contributed by atoms with Gasteiger partial charge in [0, 0.05) is 20.0 Å². The highest BCUT2D eigenvalue weighted by molar-refractivity contribution is 5.89. The molecule has 1 atom stereocenters. The minimum atomic E-state index is -0.640. The Labute approximate surface area is 87.9 Å². The highest BCUT2D eigenvalue weighted by atomic mass is 16.3. The lowest BCUT2D eigenvalue weighted by molar-refractivity contribution is -0.128.